The summed E-state index contributed by atoms with van der Waals surface area (Å²) in [5.41, 5.74) is 12.7. The average Bonchev–Trinajstić information content (AvgIpc) is 3.01. The highest BCUT2D eigenvalue weighted by Gasteiger charge is 2.35. The Hall–Kier alpha value is -2.08. The Balaban J connectivity index is 1.58. The molecule has 0 spiro atoms. The van der Waals surface area contributed by atoms with Gasteiger partial charge in [0.05, 0.1) is 0 Å². The van der Waals surface area contributed by atoms with Gasteiger partial charge in [-0.25, -0.2) is 0 Å². The third-order valence-corrected chi connectivity index (χ3v) is 6.69. The first-order chi connectivity index (χ1) is 11.8. The van der Waals surface area contributed by atoms with Crippen molar-refractivity contribution < 1.29 is 0 Å². The molecule has 0 N–H and O–H groups in total. The van der Waals surface area contributed by atoms with Gasteiger partial charge in [-0.05, 0) is 72.9 Å². The standard InChI is InChI=1S/C24H24/c1-15-17-7-3-5-9-21(17)23-14-12-20-16(2)18-8-4-6-10-22(18)24(20)13-11-19(15)23/h3-10,23-24H,11-14H2,1-2H3. The molecule has 0 heteroatoms. The van der Waals surface area contributed by atoms with E-state index in [0.29, 0.717) is 11.8 Å². The van der Waals surface area contributed by atoms with E-state index in [1.807, 2.05) is 0 Å². The molecule has 0 nitrogen and oxygen atoms in total. The van der Waals surface area contributed by atoms with Gasteiger partial charge in [0.15, 0.2) is 0 Å². The van der Waals surface area contributed by atoms with Crippen LogP contribution in [0, 0.1) is 0 Å². The van der Waals surface area contributed by atoms with Crippen LogP contribution in [0.2, 0.25) is 0 Å². The van der Waals surface area contributed by atoms with E-state index in [1.165, 1.54) is 36.8 Å². The first kappa shape index (κ1) is 14.3. The van der Waals surface area contributed by atoms with E-state index >= 15 is 0 Å². The molecule has 120 valence electrons. The summed E-state index contributed by atoms with van der Waals surface area (Å²) >= 11 is 0. The molecule has 3 aliphatic rings. The van der Waals surface area contributed by atoms with Crippen LogP contribution in [0.15, 0.2) is 59.7 Å². The summed E-state index contributed by atoms with van der Waals surface area (Å²) in [6, 6.07) is 18.2. The largest absolute Gasteiger partial charge is 0.0619 e. The summed E-state index contributed by atoms with van der Waals surface area (Å²) in [5, 5.41) is 0. The maximum absolute atomic E-state index is 2.36. The maximum atomic E-state index is 2.36. The smallest absolute Gasteiger partial charge is 0.00631 e. The van der Waals surface area contributed by atoms with Gasteiger partial charge in [-0.3, -0.25) is 0 Å². The zero-order valence-electron chi connectivity index (χ0n) is 14.6. The minimum Gasteiger partial charge on any atom is -0.0619 e. The Labute approximate surface area is 144 Å². The minimum absolute atomic E-state index is 0.658. The van der Waals surface area contributed by atoms with Crippen LogP contribution >= 0.6 is 0 Å². The Kier molecular flexibility index (Phi) is 3.10. The summed E-state index contributed by atoms with van der Waals surface area (Å²) in [6.45, 7) is 4.70. The maximum Gasteiger partial charge on any atom is 0.00631 e. The number of hydrogen-bond donors (Lipinski definition) is 0. The predicted molar refractivity (Wildman–Crippen MR) is 102 cm³/mol. The minimum atomic E-state index is 0.658. The van der Waals surface area contributed by atoms with E-state index in [2.05, 4.69) is 62.4 Å². The van der Waals surface area contributed by atoms with Gasteiger partial charge in [-0.1, -0.05) is 59.7 Å². The highest BCUT2D eigenvalue weighted by atomic mass is 14.4. The van der Waals surface area contributed by atoms with E-state index in [0.717, 1.165) is 0 Å². The van der Waals surface area contributed by atoms with Crippen molar-refractivity contribution in [3.63, 3.8) is 0 Å². The molecular formula is C24H24. The van der Waals surface area contributed by atoms with Crippen LogP contribution < -0.4 is 0 Å². The van der Waals surface area contributed by atoms with Crippen molar-refractivity contribution >= 4 is 11.1 Å². The van der Waals surface area contributed by atoms with Gasteiger partial charge in [-0.15, -0.1) is 0 Å². The lowest BCUT2D eigenvalue weighted by Gasteiger charge is -2.26. The fourth-order valence-electron chi connectivity index (χ4n) is 5.51. The van der Waals surface area contributed by atoms with Gasteiger partial charge in [0, 0.05) is 11.8 Å². The van der Waals surface area contributed by atoms with E-state index in [-0.39, 0.29) is 0 Å². The van der Waals surface area contributed by atoms with Gasteiger partial charge >= 0.3 is 0 Å². The van der Waals surface area contributed by atoms with E-state index in [9.17, 15) is 0 Å². The fraction of sp³-hybridized carbons (Fsp3) is 0.333. The lowest BCUT2D eigenvalue weighted by molar-refractivity contribution is 0.578. The van der Waals surface area contributed by atoms with Crippen molar-refractivity contribution in [3.8, 4) is 0 Å². The number of rotatable bonds is 0. The zero-order chi connectivity index (χ0) is 16.3. The molecule has 0 bridgehead atoms. The first-order valence-electron chi connectivity index (χ1n) is 9.33. The summed E-state index contributed by atoms with van der Waals surface area (Å²) in [7, 11) is 0. The topological polar surface area (TPSA) is 0 Å². The second-order valence-electron chi connectivity index (χ2n) is 7.66. The molecule has 0 amide bonds. The highest BCUT2D eigenvalue weighted by Crippen LogP contribution is 2.53. The number of allylic oxidation sites excluding steroid dienone is 4. The molecule has 0 heterocycles. The van der Waals surface area contributed by atoms with Crippen LogP contribution in [0.1, 0.15) is 73.6 Å². The summed E-state index contributed by atoms with van der Waals surface area (Å²) in [6.07, 6.45) is 5.06. The van der Waals surface area contributed by atoms with Gasteiger partial charge in [-0.2, -0.15) is 0 Å². The Bertz CT molecular complexity index is 818. The van der Waals surface area contributed by atoms with Crippen LogP contribution in [0.25, 0.3) is 11.1 Å². The van der Waals surface area contributed by atoms with Gasteiger partial charge in [0.25, 0.3) is 0 Å². The summed E-state index contributed by atoms with van der Waals surface area (Å²) in [4.78, 5) is 0. The van der Waals surface area contributed by atoms with Crippen molar-refractivity contribution in [1.82, 2.24) is 0 Å². The van der Waals surface area contributed by atoms with Gasteiger partial charge in [0.2, 0.25) is 0 Å². The van der Waals surface area contributed by atoms with Crippen molar-refractivity contribution in [2.75, 3.05) is 0 Å². The molecule has 2 unspecified atom stereocenters. The molecule has 1 fully saturated rings. The summed E-state index contributed by atoms with van der Waals surface area (Å²) < 4.78 is 0. The van der Waals surface area contributed by atoms with Crippen molar-refractivity contribution in [1.29, 1.82) is 0 Å². The fourth-order valence-corrected chi connectivity index (χ4v) is 5.51. The van der Waals surface area contributed by atoms with Crippen molar-refractivity contribution in [2.24, 2.45) is 0 Å². The van der Waals surface area contributed by atoms with Crippen molar-refractivity contribution in [3.05, 3.63) is 81.9 Å². The molecule has 0 aromatic heterocycles. The van der Waals surface area contributed by atoms with Crippen LogP contribution in [-0.2, 0) is 0 Å². The first-order valence-corrected chi connectivity index (χ1v) is 9.33. The monoisotopic (exact) mass is 312 g/mol. The quantitative estimate of drug-likeness (QED) is 0.507. The third-order valence-electron chi connectivity index (χ3n) is 6.69. The van der Waals surface area contributed by atoms with Crippen LogP contribution in [-0.4, -0.2) is 0 Å². The molecule has 0 saturated heterocycles. The summed E-state index contributed by atoms with van der Waals surface area (Å²) in [5.74, 6) is 1.32. The molecule has 2 atom stereocenters. The second kappa shape index (κ2) is 5.21. The Morgan fingerprint density at radius 1 is 0.625 bits per heavy atom. The SMILES string of the molecule is CC1=C2CCC3C(=C(C)c4ccccc43)CCC2c2ccccc21. The number of hydrogen-bond acceptors (Lipinski definition) is 0. The Morgan fingerprint density at radius 3 is 1.50 bits per heavy atom. The van der Waals surface area contributed by atoms with Gasteiger partial charge < -0.3 is 0 Å². The lowest BCUT2D eigenvalue weighted by Crippen LogP contribution is -2.09. The van der Waals surface area contributed by atoms with E-state index < -0.39 is 0 Å². The zero-order valence-corrected chi connectivity index (χ0v) is 14.6. The predicted octanol–water partition coefficient (Wildman–Crippen LogP) is 6.70. The molecule has 1 saturated carbocycles. The molecule has 2 aromatic rings. The third kappa shape index (κ3) is 1.86. The molecule has 2 aromatic carbocycles. The Morgan fingerprint density at radius 2 is 1.04 bits per heavy atom. The molecule has 5 rings (SSSR count). The lowest BCUT2D eigenvalue weighted by atomic mass is 9.78. The average molecular weight is 312 g/mol. The van der Waals surface area contributed by atoms with Gasteiger partial charge in [0.1, 0.15) is 0 Å². The highest BCUT2D eigenvalue weighted by molar-refractivity contribution is 5.79. The molecule has 0 radical (unpaired) electrons. The van der Waals surface area contributed by atoms with Crippen LogP contribution in [0.5, 0.6) is 0 Å². The molecular weight excluding hydrogens is 288 g/mol. The van der Waals surface area contributed by atoms with Crippen molar-refractivity contribution in [2.45, 2.75) is 51.4 Å². The molecule has 0 aliphatic heterocycles. The second-order valence-corrected chi connectivity index (χ2v) is 7.66. The van der Waals surface area contributed by atoms with Crippen LogP contribution in [0.3, 0.4) is 0 Å². The van der Waals surface area contributed by atoms with Crippen LogP contribution in [0.4, 0.5) is 0 Å². The number of fused-ring (bicyclic) bond motifs is 6. The molecule has 3 aliphatic carbocycles. The normalized spacial score (nSPS) is 24.9. The molecule has 24 heavy (non-hydrogen) atoms. The number of benzene rings is 2. The van der Waals surface area contributed by atoms with E-state index in [4.69, 9.17) is 0 Å². The van der Waals surface area contributed by atoms with E-state index in [1.54, 1.807) is 33.4 Å².